The molecular weight excluding hydrogens is 493 g/mol. The maximum atomic E-state index is 15.7. The summed E-state index contributed by atoms with van der Waals surface area (Å²) in [5.41, 5.74) is 6.95. The molecule has 9 heteroatoms. The Hall–Kier alpha value is -3.43. The molecule has 0 unspecified atom stereocenters. The zero-order valence-electron chi connectivity index (χ0n) is 20.6. The van der Waals surface area contributed by atoms with E-state index in [9.17, 15) is 18.3 Å². The maximum Gasteiger partial charge on any atom is 0.337 e. The van der Waals surface area contributed by atoms with Crippen LogP contribution in [-0.2, 0) is 10.0 Å². The van der Waals surface area contributed by atoms with Crippen molar-refractivity contribution < 1.29 is 22.7 Å². The van der Waals surface area contributed by atoms with Crippen molar-refractivity contribution in [3.05, 3.63) is 72.0 Å². The van der Waals surface area contributed by atoms with Crippen LogP contribution in [0.5, 0.6) is 0 Å². The fraction of sp³-hybridized carbons (Fsp3) is 0.321. The topological polar surface area (TPSA) is 104 Å². The van der Waals surface area contributed by atoms with E-state index >= 15 is 4.39 Å². The molecule has 0 radical (unpaired) electrons. The van der Waals surface area contributed by atoms with Crippen LogP contribution in [0.4, 0.5) is 21.5 Å². The van der Waals surface area contributed by atoms with Gasteiger partial charge in [0.2, 0.25) is 10.0 Å². The average Bonchev–Trinajstić information content (AvgIpc) is 2.97. The summed E-state index contributed by atoms with van der Waals surface area (Å²) in [6.07, 6.45) is 5.18. The zero-order chi connectivity index (χ0) is 26.3. The van der Waals surface area contributed by atoms with Crippen LogP contribution < -0.4 is 10.6 Å². The number of aromatic carboxylic acids is 1. The smallest absolute Gasteiger partial charge is 0.337 e. The van der Waals surface area contributed by atoms with Gasteiger partial charge in [0.1, 0.15) is 10.7 Å². The van der Waals surface area contributed by atoms with Crippen molar-refractivity contribution in [3.63, 3.8) is 0 Å². The molecule has 37 heavy (non-hydrogen) atoms. The van der Waals surface area contributed by atoms with Gasteiger partial charge in [-0.3, -0.25) is 0 Å². The molecule has 3 aromatic carbocycles. The second-order valence-electron chi connectivity index (χ2n) is 9.84. The van der Waals surface area contributed by atoms with E-state index < -0.39 is 21.8 Å². The lowest BCUT2D eigenvalue weighted by Crippen LogP contribution is -2.46. The Morgan fingerprint density at radius 1 is 1.03 bits per heavy atom. The minimum Gasteiger partial charge on any atom is -0.478 e. The Kier molecular flexibility index (Phi) is 6.68. The minimum atomic E-state index is -3.99. The molecule has 0 spiro atoms. The fourth-order valence-corrected chi connectivity index (χ4v) is 7.25. The summed E-state index contributed by atoms with van der Waals surface area (Å²) in [6, 6.07) is 15.9. The molecule has 0 saturated heterocycles. The Bertz CT molecular complexity index is 1440. The minimum absolute atomic E-state index is 0.00218. The lowest BCUT2D eigenvalue weighted by Gasteiger charge is -2.36. The molecular formula is C28H30FN3O4S. The molecule has 1 aliphatic heterocycles. The lowest BCUT2D eigenvalue weighted by molar-refractivity contribution is 0.0698. The maximum absolute atomic E-state index is 15.7. The highest BCUT2D eigenvalue weighted by Gasteiger charge is 2.41. The van der Waals surface area contributed by atoms with Crippen molar-refractivity contribution in [2.45, 2.75) is 43.0 Å². The number of nitrogen functional groups attached to an aromatic ring is 1. The number of hydrogen-bond acceptors (Lipinski definition) is 5. The van der Waals surface area contributed by atoms with Crippen LogP contribution >= 0.6 is 0 Å². The molecule has 0 bridgehead atoms. The van der Waals surface area contributed by atoms with Crippen LogP contribution in [0.25, 0.3) is 11.1 Å². The molecule has 1 aliphatic carbocycles. The predicted molar refractivity (Wildman–Crippen MR) is 142 cm³/mol. The van der Waals surface area contributed by atoms with Crippen LogP contribution in [0.3, 0.4) is 0 Å². The quantitative estimate of drug-likeness (QED) is 0.438. The molecule has 3 N–H and O–H groups in total. The number of carboxylic acid groups (broad SMARTS) is 1. The van der Waals surface area contributed by atoms with E-state index in [1.54, 1.807) is 7.05 Å². The third kappa shape index (κ3) is 4.57. The molecule has 0 amide bonds. The van der Waals surface area contributed by atoms with Gasteiger partial charge in [-0.05, 0) is 60.7 Å². The van der Waals surface area contributed by atoms with E-state index in [0.29, 0.717) is 6.54 Å². The molecule has 5 rings (SSSR count). The average molecular weight is 524 g/mol. The van der Waals surface area contributed by atoms with Crippen LogP contribution in [0, 0.1) is 11.7 Å². The first kappa shape index (κ1) is 25.2. The third-order valence-corrected chi connectivity index (χ3v) is 9.60. The van der Waals surface area contributed by atoms with Crippen LogP contribution in [0.15, 0.2) is 65.6 Å². The van der Waals surface area contributed by atoms with Gasteiger partial charge in [0.25, 0.3) is 0 Å². The second kappa shape index (κ2) is 9.79. The number of rotatable bonds is 4. The number of carbonyl (C=O) groups is 1. The van der Waals surface area contributed by atoms with Crippen molar-refractivity contribution in [2.24, 2.45) is 5.92 Å². The Balaban J connectivity index is 1.71. The normalized spacial score (nSPS) is 20.3. The number of anilines is 3. The highest BCUT2D eigenvalue weighted by Crippen LogP contribution is 2.43. The van der Waals surface area contributed by atoms with Gasteiger partial charge < -0.3 is 15.7 Å². The van der Waals surface area contributed by atoms with Crippen molar-refractivity contribution in [1.82, 2.24) is 4.31 Å². The first-order valence-corrected chi connectivity index (χ1v) is 13.9. The highest BCUT2D eigenvalue weighted by molar-refractivity contribution is 7.89. The number of para-hydroxylation sites is 1. The summed E-state index contributed by atoms with van der Waals surface area (Å²) in [7, 11) is -2.38. The first-order valence-electron chi connectivity index (χ1n) is 12.5. The molecule has 7 nitrogen and oxygen atoms in total. The van der Waals surface area contributed by atoms with Gasteiger partial charge in [0, 0.05) is 36.6 Å². The lowest BCUT2D eigenvalue weighted by atomic mass is 9.83. The van der Waals surface area contributed by atoms with Gasteiger partial charge in [-0.25, -0.2) is 17.6 Å². The van der Waals surface area contributed by atoms with Gasteiger partial charge in [-0.2, -0.15) is 4.31 Å². The SMILES string of the molecule is CN1[C@H](C2CCCCC2)CN(c2ccccc2)c2cc(F)c(-c3ccc(N)c(C(=O)O)c3)cc2S1(=O)=O. The number of fused-ring (bicyclic) bond motifs is 1. The number of carboxylic acids is 1. The van der Waals surface area contributed by atoms with Crippen LogP contribution in [0.1, 0.15) is 42.5 Å². The van der Waals surface area contributed by atoms with Crippen LogP contribution in [-0.4, -0.2) is 43.4 Å². The number of hydrogen-bond donors (Lipinski definition) is 2. The number of likely N-dealkylation sites (N-methyl/N-ethyl adjacent to an activating group) is 1. The third-order valence-electron chi connectivity index (χ3n) is 7.69. The molecule has 0 aromatic heterocycles. The van der Waals surface area contributed by atoms with E-state index in [4.69, 9.17) is 5.73 Å². The molecule has 194 valence electrons. The van der Waals surface area contributed by atoms with Gasteiger partial charge in [0.15, 0.2) is 0 Å². The number of sulfonamides is 1. The Morgan fingerprint density at radius 2 is 1.73 bits per heavy atom. The van der Waals surface area contributed by atoms with Gasteiger partial charge in [-0.15, -0.1) is 0 Å². The van der Waals surface area contributed by atoms with E-state index in [1.165, 1.54) is 34.6 Å². The van der Waals surface area contributed by atoms with E-state index in [0.717, 1.165) is 37.8 Å². The number of halogens is 1. The van der Waals surface area contributed by atoms with Crippen molar-refractivity contribution in [3.8, 4) is 11.1 Å². The Morgan fingerprint density at radius 3 is 2.41 bits per heavy atom. The molecule has 2 aliphatic rings. The van der Waals surface area contributed by atoms with E-state index in [-0.39, 0.29) is 44.9 Å². The number of benzene rings is 3. The number of nitrogens with two attached hydrogens (primary N) is 1. The summed E-state index contributed by atoms with van der Waals surface area (Å²) < 4.78 is 45.2. The highest BCUT2D eigenvalue weighted by atomic mass is 32.2. The predicted octanol–water partition coefficient (Wildman–Crippen LogP) is 5.49. The van der Waals surface area contributed by atoms with E-state index in [2.05, 4.69) is 0 Å². The van der Waals surface area contributed by atoms with Crippen LogP contribution in [0.2, 0.25) is 0 Å². The zero-order valence-corrected chi connectivity index (χ0v) is 21.4. The standard InChI is InChI=1S/C28H30FN3O4S/c1-31-26(18-8-4-2-5-9-18)17-32(20-10-6-3-7-11-20)25-16-23(29)21(15-27(25)37(31,35)36)19-12-13-24(30)22(14-19)28(33)34/h3,6-7,10-16,18,26H,2,4-5,8-9,17,30H2,1H3,(H,33,34)/t26-/m0/s1. The fourth-order valence-electron chi connectivity index (χ4n) is 5.64. The summed E-state index contributed by atoms with van der Waals surface area (Å²) in [5.74, 6) is -1.68. The van der Waals surface area contributed by atoms with Crippen molar-refractivity contribution in [1.29, 1.82) is 0 Å². The largest absolute Gasteiger partial charge is 0.478 e. The van der Waals surface area contributed by atoms with Crippen molar-refractivity contribution in [2.75, 3.05) is 24.2 Å². The molecule has 1 fully saturated rings. The monoisotopic (exact) mass is 523 g/mol. The summed E-state index contributed by atoms with van der Waals surface area (Å²) >= 11 is 0. The summed E-state index contributed by atoms with van der Waals surface area (Å²) in [4.78, 5) is 13.5. The molecule has 1 heterocycles. The van der Waals surface area contributed by atoms with Crippen molar-refractivity contribution >= 4 is 33.1 Å². The summed E-state index contributed by atoms with van der Waals surface area (Å²) in [5, 5.41) is 9.48. The van der Waals surface area contributed by atoms with E-state index in [1.807, 2.05) is 35.2 Å². The Labute approximate surface area is 216 Å². The summed E-state index contributed by atoms with van der Waals surface area (Å²) in [6.45, 7) is 0.404. The second-order valence-corrected chi connectivity index (χ2v) is 11.8. The first-order chi connectivity index (χ1) is 17.7. The molecule has 3 aromatic rings. The molecule has 1 atom stereocenters. The molecule has 1 saturated carbocycles. The van der Waals surface area contributed by atoms with Gasteiger partial charge >= 0.3 is 5.97 Å². The van der Waals surface area contributed by atoms with Gasteiger partial charge in [-0.1, -0.05) is 43.5 Å². The van der Waals surface area contributed by atoms with Gasteiger partial charge in [0.05, 0.1) is 11.3 Å². The number of nitrogens with zero attached hydrogens (tertiary/aromatic N) is 2.